The van der Waals surface area contributed by atoms with Crippen molar-refractivity contribution in [3.8, 4) is 5.75 Å². The van der Waals surface area contributed by atoms with Crippen LogP contribution in [-0.4, -0.2) is 16.2 Å². The zero-order valence-corrected chi connectivity index (χ0v) is 10.7. The van der Waals surface area contributed by atoms with Crippen molar-refractivity contribution in [1.29, 1.82) is 0 Å². The van der Waals surface area contributed by atoms with E-state index in [1.807, 2.05) is 0 Å². The molecule has 7 heteroatoms. The van der Waals surface area contributed by atoms with E-state index in [4.69, 9.17) is 11.6 Å². The van der Waals surface area contributed by atoms with E-state index in [0.29, 0.717) is 5.69 Å². The summed E-state index contributed by atoms with van der Waals surface area (Å²) in [6.45, 7) is 0. The summed E-state index contributed by atoms with van der Waals surface area (Å²) in [7, 11) is 0. The predicted octanol–water partition coefficient (Wildman–Crippen LogP) is 3.84. The summed E-state index contributed by atoms with van der Waals surface area (Å²) in [5, 5.41) is 20.6. The molecule has 2 aromatic carbocycles. The molecule has 2 rings (SSSR count). The van der Waals surface area contributed by atoms with Gasteiger partial charge >= 0.3 is 5.69 Å². The number of phenols is 1. The number of aliphatic imine (C=N–C) groups is 1. The van der Waals surface area contributed by atoms with Gasteiger partial charge in [0.1, 0.15) is 5.82 Å². The van der Waals surface area contributed by atoms with Crippen molar-refractivity contribution >= 4 is 29.2 Å². The normalized spacial score (nSPS) is 10.9. The lowest BCUT2D eigenvalue weighted by Crippen LogP contribution is -1.92. The van der Waals surface area contributed by atoms with Crippen molar-refractivity contribution in [3.63, 3.8) is 0 Å². The van der Waals surface area contributed by atoms with Crippen LogP contribution >= 0.6 is 11.6 Å². The van der Waals surface area contributed by atoms with Crippen molar-refractivity contribution < 1.29 is 14.4 Å². The molecule has 0 unspecified atom stereocenters. The minimum atomic E-state index is -0.740. The Morgan fingerprint density at radius 2 is 1.95 bits per heavy atom. The first-order valence-corrected chi connectivity index (χ1v) is 5.81. The van der Waals surface area contributed by atoms with Crippen LogP contribution in [0.5, 0.6) is 5.75 Å². The Bertz CT molecular complexity index is 687. The number of nitrogens with zero attached hydrogens (tertiary/aromatic N) is 2. The number of hydrogen-bond acceptors (Lipinski definition) is 4. The van der Waals surface area contributed by atoms with Gasteiger partial charge in [0.25, 0.3) is 0 Å². The number of rotatable bonds is 3. The topological polar surface area (TPSA) is 75.7 Å². The lowest BCUT2D eigenvalue weighted by molar-refractivity contribution is -0.385. The van der Waals surface area contributed by atoms with Crippen LogP contribution in [0.1, 0.15) is 5.56 Å². The quantitative estimate of drug-likeness (QED) is 0.531. The fourth-order valence-electron chi connectivity index (χ4n) is 1.51. The standard InChI is InChI=1S/C13H8ClFN2O3/c14-9-5-8(13(18)12(6-9)17(19)20)7-16-11-3-1-10(15)2-4-11/h1-7,18H. The van der Waals surface area contributed by atoms with Gasteiger partial charge in [0, 0.05) is 22.9 Å². The van der Waals surface area contributed by atoms with Crippen LogP contribution in [0.2, 0.25) is 5.02 Å². The van der Waals surface area contributed by atoms with Crippen molar-refractivity contribution in [1.82, 2.24) is 0 Å². The van der Waals surface area contributed by atoms with E-state index in [9.17, 15) is 19.6 Å². The Balaban J connectivity index is 2.38. The molecule has 0 fully saturated rings. The fraction of sp³-hybridized carbons (Fsp3) is 0. The zero-order chi connectivity index (χ0) is 14.7. The van der Waals surface area contributed by atoms with Gasteiger partial charge in [-0.05, 0) is 30.3 Å². The van der Waals surface area contributed by atoms with Crippen molar-refractivity contribution in [3.05, 3.63) is 62.9 Å². The molecule has 102 valence electrons. The summed E-state index contributed by atoms with van der Waals surface area (Å²) < 4.78 is 12.7. The van der Waals surface area contributed by atoms with Crippen molar-refractivity contribution in [2.45, 2.75) is 0 Å². The number of halogens is 2. The molecular weight excluding hydrogens is 287 g/mol. The number of benzene rings is 2. The summed E-state index contributed by atoms with van der Waals surface area (Å²) in [4.78, 5) is 14.0. The number of phenolic OH excluding ortho intramolecular Hbond substituents is 1. The Hall–Kier alpha value is -2.47. The lowest BCUT2D eigenvalue weighted by atomic mass is 10.2. The number of hydrogen-bond donors (Lipinski definition) is 1. The van der Waals surface area contributed by atoms with E-state index in [1.54, 1.807) is 0 Å². The van der Waals surface area contributed by atoms with Crippen LogP contribution in [0.3, 0.4) is 0 Å². The van der Waals surface area contributed by atoms with Gasteiger partial charge in [-0.3, -0.25) is 15.1 Å². The molecule has 0 atom stereocenters. The monoisotopic (exact) mass is 294 g/mol. The second-order valence-corrected chi connectivity index (χ2v) is 4.29. The molecule has 20 heavy (non-hydrogen) atoms. The number of nitro groups is 1. The molecule has 0 amide bonds. The molecule has 0 saturated heterocycles. The smallest absolute Gasteiger partial charge is 0.312 e. The number of aromatic hydroxyl groups is 1. The predicted molar refractivity (Wildman–Crippen MR) is 73.4 cm³/mol. The number of nitro benzene ring substituents is 1. The highest BCUT2D eigenvalue weighted by atomic mass is 35.5. The van der Waals surface area contributed by atoms with E-state index in [1.165, 1.54) is 36.5 Å². The fourth-order valence-corrected chi connectivity index (χ4v) is 1.74. The molecule has 0 aromatic heterocycles. The summed E-state index contributed by atoms with van der Waals surface area (Å²) in [5.41, 5.74) is 0.0417. The third kappa shape index (κ3) is 3.10. The Morgan fingerprint density at radius 1 is 1.30 bits per heavy atom. The van der Waals surface area contributed by atoms with E-state index in [2.05, 4.69) is 4.99 Å². The Morgan fingerprint density at radius 3 is 2.55 bits per heavy atom. The van der Waals surface area contributed by atoms with E-state index < -0.39 is 22.2 Å². The maximum atomic E-state index is 12.7. The Labute approximate surface area is 118 Å². The molecule has 5 nitrogen and oxygen atoms in total. The molecule has 0 aliphatic heterocycles. The minimum Gasteiger partial charge on any atom is -0.502 e. The molecule has 0 heterocycles. The van der Waals surface area contributed by atoms with Gasteiger partial charge in [0.2, 0.25) is 5.75 Å². The molecule has 1 N–H and O–H groups in total. The van der Waals surface area contributed by atoms with E-state index in [0.717, 1.165) is 6.07 Å². The summed E-state index contributed by atoms with van der Waals surface area (Å²) in [6, 6.07) is 7.71. The van der Waals surface area contributed by atoms with Gasteiger partial charge in [-0.15, -0.1) is 0 Å². The first-order chi connectivity index (χ1) is 9.47. The van der Waals surface area contributed by atoms with Crippen LogP contribution in [-0.2, 0) is 0 Å². The minimum absolute atomic E-state index is 0.105. The molecule has 0 spiro atoms. The molecule has 0 aliphatic rings. The van der Waals surface area contributed by atoms with Crippen molar-refractivity contribution in [2.24, 2.45) is 4.99 Å². The van der Waals surface area contributed by atoms with Crippen LogP contribution < -0.4 is 0 Å². The first-order valence-electron chi connectivity index (χ1n) is 5.44. The third-order valence-electron chi connectivity index (χ3n) is 2.46. The van der Waals surface area contributed by atoms with Crippen LogP contribution in [0.25, 0.3) is 0 Å². The largest absolute Gasteiger partial charge is 0.502 e. The second kappa shape index (κ2) is 5.66. The highest BCUT2D eigenvalue weighted by Crippen LogP contribution is 2.32. The zero-order valence-electron chi connectivity index (χ0n) is 9.96. The van der Waals surface area contributed by atoms with Gasteiger partial charge in [-0.2, -0.15) is 0 Å². The van der Waals surface area contributed by atoms with E-state index in [-0.39, 0.29) is 10.6 Å². The molecule has 0 aliphatic carbocycles. The van der Waals surface area contributed by atoms with Crippen LogP contribution in [0, 0.1) is 15.9 Å². The molecule has 0 bridgehead atoms. The van der Waals surface area contributed by atoms with Crippen molar-refractivity contribution in [2.75, 3.05) is 0 Å². The van der Waals surface area contributed by atoms with Gasteiger partial charge in [-0.25, -0.2) is 4.39 Å². The van der Waals surface area contributed by atoms with Gasteiger partial charge in [0.05, 0.1) is 10.6 Å². The molecule has 0 radical (unpaired) electrons. The average Bonchev–Trinajstić information content (AvgIpc) is 2.41. The van der Waals surface area contributed by atoms with Gasteiger partial charge in [0.15, 0.2) is 0 Å². The molecule has 2 aromatic rings. The second-order valence-electron chi connectivity index (χ2n) is 3.85. The summed E-state index contributed by atoms with van der Waals surface area (Å²) in [6.07, 6.45) is 1.22. The molecule has 0 saturated carbocycles. The third-order valence-corrected chi connectivity index (χ3v) is 2.68. The highest BCUT2D eigenvalue weighted by molar-refractivity contribution is 6.31. The summed E-state index contributed by atoms with van der Waals surface area (Å²) >= 11 is 5.74. The average molecular weight is 295 g/mol. The van der Waals surface area contributed by atoms with Crippen LogP contribution in [0.4, 0.5) is 15.8 Å². The lowest BCUT2D eigenvalue weighted by Gasteiger charge is -2.01. The Kier molecular flexibility index (Phi) is 3.95. The van der Waals surface area contributed by atoms with Gasteiger partial charge < -0.3 is 5.11 Å². The van der Waals surface area contributed by atoms with Crippen LogP contribution in [0.15, 0.2) is 41.4 Å². The molecular formula is C13H8ClFN2O3. The van der Waals surface area contributed by atoms with Gasteiger partial charge in [-0.1, -0.05) is 11.6 Å². The SMILES string of the molecule is O=[N+]([O-])c1cc(Cl)cc(C=Nc2ccc(F)cc2)c1O. The summed E-state index contributed by atoms with van der Waals surface area (Å²) in [5.74, 6) is -0.921. The highest BCUT2D eigenvalue weighted by Gasteiger charge is 2.17. The maximum absolute atomic E-state index is 12.7. The van der Waals surface area contributed by atoms with E-state index >= 15 is 0 Å². The maximum Gasteiger partial charge on any atom is 0.312 e. The first kappa shape index (κ1) is 14.0.